The monoisotopic (exact) mass is 544 g/mol. The summed E-state index contributed by atoms with van der Waals surface area (Å²) in [5.41, 5.74) is 5.25. The lowest BCUT2D eigenvalue weighted by Gasteiger charge is -2.13. The largest absolute Gasteiger partial charge is 0.352 e. The zero-order valence-electron chi connectivity index (χ0n) is 20.8. The molecule has 0 unspecified atom stereocenters. The molecular weight excluding hydrogens is 515 g/mol. The molecule has 9 heteroatoms. The van der Waals surface area contributed by atoms with Crippen LogP contribution in [-0.4, -0.2) is 41.7 Å². The van der Waals surface area contributed by atoms with E-state index in [1.165, 1.54) is 6.07 Å². The number of aromatic nitrogens is 2. The van der Waals surface area contributed by atoms with Crippen LogP contribution in [0.25, 0.3) is 11.3 Å². The van der Waals surface area contributed by atoms with E-state index in [1.807, 2.05) is 25.2 Å². The standard InChI is InChI=1S/C29H26ClFN6O.CH4/c1-32-13-4-14-33-28(38)18-7-10-21(11-8-18)36-29-35-17-19-16-34-27(23-5-2-3-6-25(23)31)24-15-20(30)9-12-22(24)26(19)37-29;/h2-3,5-12,15,17,32H,4,13-14,16H2,1H3,(H,33,38)(H,35,36,37);1H4. The van der Waals surface area contributed by atoms with Gasteiger partial charge < -0.3 is 16.0 Å². The molecule has 2 heterocycles. The Bertz CT molecular complexity index is 1510. The fourth-order valence-corrected chi connectivity index (χ4v) is 4.44. The van der Waals surface area contributed by atoms with Crippen molar-refractivity contribution >= 4 is 34.9 Å². The zero-order chi connectivity index (χ0) is 26.5. The minimum Gasteiger partial charge on any atom is -0.352 e. The molecule has 4 aromatic rings. The van der Waals surface area contributed by atoms with Gasteiger partial charge in [-0.15, -0.1) is 0 Å². The number of benzene rings is 3. The molecule has 200 valence electrons. The van der Waals surface area contributed by atoms with Gasteiger partial charge in [-0.1, -0.05) is 37.2 Å². The number of fused-ring (bicyclic) bond motifs is 3. The highest BCUT2D eigenvalue weighted by atomic mass is 35.5. The first kappa shape index (κ1) is 27.9. The van der Waals surface area contributed by atoms with Gasteiger partial charge in [0.15, 0.2) is 0 Å². The van der Waals surface area contributed by atoms with Gasteiger partial charge in [0.05, 0.1) is 18.0 Å². The molecule has 0 bridgehead atoms. The Morgan fingerprint density at radius 3 is 2.56 bits per heavy atom. The number of nitrogens with one attached hydrogen (secondary N) is 3. The lowest BCUT2D eigenvalue weighted by atomic mass is 9.95. The molecule has 0 atom stereocenters. The van der Waals surface area contributed by atoms with Crippen LogP contribution in [0.3, 0.4) is 0 Å². The van der Waals surface area contributed by atoms with Crippen LogP contribution >= 0.6 is 11.6 Å². The molecule has 1 aliphatic heterocycles. The third-order valence-electron chi connectivity index (χ3n) is 6.19. The van der Waals surface area contributed by atoms with Crippen LogP contribution in [0.5, 0.6) is 0 Å². The van der Waals surface area contributed by atoms with Gasteiger partial charge in [0.2, 0.25) is 5.95 Å². The number of anilines is 2. The average Bonchev–Trinajstić information content (AvgIpc) is 3.08. The molecule has 0 saturated carbocycles. The summed E-state index contributed by atoms with van der Waals surface area (Å²) in [4.78, 5) is 26.3. The third kappa shape index (κ3) is 6.30. The lowest BCUT2D eigenvalue weighted by Crippen LogP contribution is -2.26. The van der Waals surface area contributed by atoms with Gasteiger partial charge >= 0.3 is 0 Å². The van der Waals surface area contributed by atoms with Gasteiger partial charge in [0.1, 0.15) is 5.82 Å². The zero-order valence-corrected chi connectivity index (χ0v) is 21.5. The summed E-state index contributed by atoms with van der Waals surface area (Å²) in [6.45, 7) is 1.75. The molecule has 0 aliphatic carbocycles. The molecule has 7 nitrogen and oxygen atoms in total. The van der Waals surface area contributed by atoms with Crippen molar-refractivity contribution < 1.29 is 9.18 Å². The Balaban J connectivity index is 0.00000353. The first-order valence-corrected chi connectivity index (χ1v) is 12.7. The second kappa shape index (κ2) is 12.6. The number of carbonyl (C=O) groups is 1. The van der Waals surface area contributed by atoms with Crippen molar-refractivity contribution in [1.82, 2.24) is 20.6 Å². The van der Waals surface area contributed by atoms with E-state index < -0.39 is 0 Å². The Labute approximate surface area is 232 Å². The van der Waals surface area contributed by atoms with Gasteiger partial charge in [-0.2, -0.15) is 0 Å². The molecule has 0 spiro atoms. The van der Waals surface area contributed by atoms with Crippen LogP contribution in [0.15, 0.2) is 77.9 Å². The minimum absolute atomic E-state index is 0. The van der Waals surface area contributed by atoms with Crippen LogP contribution in [0.4, 0.5) is 16.0 Å². The fraction of sp³-hybridized carbons (Fsp3) is 0.200. The van der Waals surface area contributed by atoms with Crippen LogP contribution in [0, 0.1) is 5.82 Å². The van der Waals surface area contributed by atoms with Gasteiger partial charge in [-0.25, -0.2) is 14.4 Å². The van der Waals surface area contributed by atoms with E-state index in [-0.39, 0.29) is 19.2 Å². The van der Waals surface area contributed by atoms with Crippen LogP contribution in [0.2, 0.25) is 5.02 Å². The Hall–Kier alpha value is -4.14. The van der Waals surface area contributed by atoms with Crippen molar-refractivity contribution in [3.05, 3.63) is 106 Å². The smallest absolute Gasteiger partial charge is 0.251 e. The van der Waals surface area contributed by atoms with Crippen molar-refractivity contribution in [3.63, 3.8) is 0 Å². The second-order valence-electron chi connectivity index (χ2n) is 8.82. The van der Waals surface area contributed by atoms with E-state index in [1.54, 1.807) is 48.7 Å². The molecule has 1 aliphatic rings. The molecule has 0 saturated heterocycles. The Morgan fingerprint density at radius 1 is 1.00 bits per heavy atom. The maximum atomic E-state index is 14.7. The molecule has 0 fully saturated rings. The number of hydrogen-bond donors (Lipinski definition) is 3. The number of rotatable bonds is 8. The maximum Gasteiger partial charge on any atom is 0.251 e. The minimum atomic E-state index is -0.355. The summed E-state index contributed by atoms with van der Waals surface area (Å²) in [7, 11) is 1.88. The summed E-state index contributed by atoms with van der Waals surface area (Å²) in [6.07, 6.45) is 2.59. The van der Waals surface area contributed by atoms with Gasteiger partial charge in [0.25, 0.3) is 5.91 Å². The van der Waals surface area contributed by atoms with Crippen LogP contribution < -0.4 is 16.0 Å². The molecule has 1 amide bonds. The number of carbonyl (C=O) groups excluding carboxylic acids is 1. The third-order valence-corrected chi connectivity index (χ3v) is 6.42. The summed E-state index contributed by atoms with van der Waals surface area (Å²) < 4.78 is 14.7. The molecule has 1 aromatic heterocycles. The lowest BCUT2D eigenvalue weighted by molar-refractivity contribution is 0.0953. The summed E-state index contributed by atoms with van der Waals surface area (Å²) >= 11 is 6.34. The molecule has 0 radical (unpaired) electrons. The van der Waals surface area contributed by atoms with E-state index in [0.29, 0.717) is 52.2 Å². The highest BCUT2D eigenvalue weighted by molar-refractivity contribution is 6.31. The van der Waals surface area contributed by atoms with Crippen LogP contribution in [-0.2, 0) is 6.54 Å². The number of aliphatic imine (C=N–C) groups is 1. The first-order valence-electron chi connectivity index (χ1n) is 12.3. The summed E-state index contributed by atoms with van der Waals surface area (Å²) in [6, 6.07) is 19.1. The quantitative estimate of drug-likeness (QED) is 0.236. The number of hydrogen-bond acceptors (Lipinski definition) is 6. The van der Waals surface area contributed by atoms with E-state index in [4.69, 9.17) is 21.6 Å². The predicted molar refractivity (Wildman–Crippen MR) is 156 cm³/mol. The first-order chi connectivity index (χ1) is 18.5. The van der Waals surface area contributed by atoms with Crippen LogP contribution in [0.1, 0.15) is 40.9 Å². The van der Waals surface area contributed by atoms with Crippen molar-refractivity contribution in [2.24, 2.45) is 4.99 Å². The van der Waals surface area contributed by atoms with E-state index in [2.05, 4.69) is 20.9 Å². The van der Waals surface area contributed by atoms with Gasteiger partial charge in [-0.3, -0.25) is 9.79 Å². The highest BCUT2D eigenvalue weighted by Gasteiger charge is 2.23. The SMILES string of the molecule is C.CNCCCNC(=O)c1ccc(Nc2ncc3c(n2)-c2ccc(Cl)cc2C(c2ccccc2F)=NC3)cc1. The molecular formula is C30H30ClFN6O. The van der Waals surface area contributed by atoms with E-state index in [9.17, 15) is 9.18 Å². The predicted octanol–water partition coefficient (Wildman–Crippen LogP) is 6.01. The number of amides is 1. The average molecular weight is 545 g/mol. The fourth-order valence-electron chi connectivity index (χ4n) is 4.27. The normalized spacial score (nSPS) is 11.8. The topological polar surface area (TPSA) is 91.3 Å². The van der Waals surface area contributed by atoms with Gasteiger partial charge in [-0.05, 0) is 68.5 Å². The Kier molecular flexibility index (Phi) is 9.01. The van der Waals surface area contributed by atoms with Crippen molar-refractivity contribution in [1.29, 1.82) is 0 Å². The van der Waals surface area contributed by atoms with Crippen molar-refractivity contribution in [2.75, 3.05) is 25.5 Å². The molecule has 5 rings (SSSR count). The van der Waals surface area contributed by atoms with Crippen molar-refractivity contribution in [2.45, 2.75) is 20.4 Å². The molecule has 3 aromatic carbocycles. The molecule has 3 N–H and O–H groups in total. The maximum absolute atomic E-state index is 14.7. The number of nitrogens with zero attached hydrogens (tertiary/aromatic N) is 3. The van der Waals surface area contributed by atoms with E-state index in [0.717, 1.165) is 29.8 Å². The second-order valence-corrected chi connectivity index (χ2v) is 9.25. The summed E-state index contributed by atoms with van der Waals surface area (Å²) in [5.74, 6) is -0.0789. The highest BCUT2D eigenvalue weighted by Crippen LogP contribution is 2.34. The molecule has 39 heavy (non-hydrogen) atoms. The van der Waals surface area contributed by atoms with Crippen molar-refractivity contribution in [3.8, 4) is 11.3 Å². The van der Waals surface area contributed by atoms with Gasteiger partial charge in [0, 0.05) is 51.3 Å². The Morgan fingerprint density at radius 2 is 1.79 bits per heavy atom. The number of halogens is 2. The van der Waals surface area contributed by atoms with E-state index >= 15 is 0 Å². The summed E-state index contributed by atoms with van der Waals surface area (Å²) in [5, 5.41) is 9.69.